The average Bonchev–Trinajstić information content (AvgIpc) is 2.66. The molecule has 0 radical (unpaired) electrons. The molecule has 0 saturated heterocycles. The first-order valence-corrected chi connectivity index (χ1v) is 9.95. The molecule has 0 amide bonds. The summed E-state index contributed by atoms with van der Waals surface area (Å²) in [6, 6.07) is 15.4. The van der Waals surface area contributed by atoms with Crippen molar-refractivity contribution in [1.29, 1.82) is 0 Å². The Labute approximate surface area is 153 Å². The predicted molar refractivity (Wildman–Crippen MR) is 102 cm³/mol. The Hall–Kier alpha value is -2.67. The molecule has 0 unspecified atom stereocenters. The summed E-state index contributed by atoms with van der Waals surface area (Å²) >= 11 is 0. The molecule has 0 fully saturated rings. The van der Waals surface area contributed by atoms with Gasteiger partial charge in [-0.25, -0.2) is 18.4 Å². The maximum absolute atomic E-state index is 12.6. The van der Waals surface area contributed by atoms with E-state index in [4.69, 9.17) is 4.74 Å². The van der Waals surface area contributed by atoms with E-state index in [0.29, 0.717) is 23.6 Å². The molecule has 3 aromatic rings. The quantitative estimate of drug-likeness (QED) is 0.682. The lowest BCUT2D eigenvalue weighted by molar-refractivity contribution is 0.249. The first kappa shape index (κ1) is 18.1. The summed E-state index contributed by atoms with van der Waals surface area (Å²) in [4.78, 5) is 9.01. The van der Waals surface area contributed by atoms with Crippen molar-refractivity contribution in [3.8, 4) is 5.88 Å². The third-order valence-corrected chi connectivity index (χ3v) is 5.38. The maximum Gasteiger partial charge on any atom is 0.263 e. The minimum atomic E-state index is -3.78. The Bertz CT molecular complexity index is 991. The zero-order valence-electron chi connectivity index (χ0n) is 14.7. The number of anilines is 1. The lowest BCUT2D eigenvalue weighted by Gasteiger charge is -2.15. The minimum Gasteiger partial charge on any atom is -0.475 e. The van der Waals surface area contributed by atoms with Gasteiger partial charge in [0.1, 0.15) is 0 Å². The van der Waals surface area contributed by atoms with E-state index in [9.17, 15) is 8.42 Å². The Morgan fingerprint density at radius 1 is 1.00 bits per heavy atom. The zero-order valence-corrected chi connectivity index (χ0v) is 15.5. The van der Waals surface area contributed by atoms with Gasteiger partial charge in [-0.1, -0.05) is 50.6 Å². The fourth-order valence-electron chi connectivity index (χ4n) is 2.28. The first-order chi connectivity index (χ1) is 12.5. The van der Waals surface area contributed by atoms with Crippen LogP contribution in [-0.4, -0.2) is 25.0 Å². The smallest absolute Gasteiger partial charge is 0.263 e. The summed E-state index contributed by atoms with van der Waals surface area (Å²) in [6.07, 6.45) is 0.950. The molecule has 7 heteroatoms. The second-order valence-corrected chi connectivity index (χ2v) is 7.79. The van der Waals surface area contributed by atoms with Crippen LogP contribution >= 0.6 is 0 Å². The molecule has 0 spiro atoms. The summed E-state index contributed by atoms with van der Waals surface area (Å²) in [5.41, 5.74) is 1.24. The highest BCUT2D eigenvalue weighted by Crippen LogP contribution is 2.26. The van der Waals surface area contributed by atoms with Gasteiger partial charge in [0, 0.05) is 0 Å². The molecular weight excluding hydrogens is 350 g/mol. The molecule has 0 aliphatic carbocycles. The first-order valence-electron chi connectivity index (χ1n) is 8.47. The number of benzene rings is 2. The minimum absolute atomic E-state index is 0.0934. The molecule has 0 bridgehead atoms. The highest BCUT2D eigenvalue weighted by molar-refractivity contribution is 7.92. The van der Waals surface area contributed by atoms with Crippen LogP contribution in [0, 0.1) is 5.92 Å². The van der Waals surface area contributed by atoms with Crippen molar-refractivity contribution in [1.82, 2.24) is 9.97 Å². The molecule has 1 heterocycles. The van der Waals surface area contributed by atoms with Crippen molar-refractivity contribution in [2.75, 3.05) is 11.3 Å². The van der Waals surface area contributed by atoms with Gasteiger partial charge in [-0.2, -0.15) is 0 Å². The van der Waals surface area contributed by atoms with Crippen molar-refractivity contribution in [2.24, 2.45) is 5.92 Å². The van der Waals surface area contributed by atoms with E-state index in [1.807, 2.05) is 18.2 Å². The Morgan fingerprint density at radius 2 is 1.62 bits per heavy atom. The highest BCUT2D eigenvalue weighted by atomic mass is 32.2. The fourth-order valence-corrected chi connectivity index (χ4v) is 3.30. The molecular formula is C19H21N3O3S. The van der Waals surface area contributed by atoms with E-state index in [2.05, 4.69) is 28.5 Å². The van der Waals surface area contributed by atoms with Gasteiger partial charge in [0.15, 0.2) is 0 Å². The largest absolute Gasteiger partial charge is 0.475 e. The molecule has 6 nitrogen and oxygen atoms in total. The van der Waals surface area contributed by atoms with Crippen LogP contribution in [0.15, 0.2) is 59.5 Å². The van der Waals surface area contributed by atoms with Gasteiger partial charge >= 0.3 is 0 Å². The molecule has 136 valence electrons. The number of hydrogen-bond donors (Lipinski definition) is 1. The van der Waals surface area contributed by atoms with E-state index >= 15 is 0 Å². The van der Waals surface area contributed by atoms with Crippen molar-refractivity contribution in [3.63, 3.8) is 0 Å². The molecule has 3 rings (SSSR count). The van der Waals surface area contributed by atoms with E-state index in [1.54, 1.807) is 24.3 Å². The van der Waals surface area contributed by atoms with E-state index in [0.717, 1.165) is 6.42 Å². The lowest BCUT2D eigenvalue weighted by Crippen LogP contribution is -2.17. The zero-order chi connectivity index (χ0) is 18.6. The van der Waals surface area contributed by atoms with Crippen molar-refractivity contribution < 1.29 is 13.2 Å². The van der Waals surface area contributed by atoms with Crippen LogP contribution < -0.4 is 9.46 Å². The Kier molecular flexibility index (Phi) is 5.37. The standard InChI is InChI=1S/C19H21N3O3S/c1-3-14(2)13-25-19-18(20-16-11-7-8-12-17(16)21-19)22-26(23,24)15-9-5-4-6-10-15/h4-12,14H,3,13H2,1-2H3,(H,20,22)/t14-/m0/s1. The van der Waals surface area contributed by atoms with Gasteiger partial charge in [0.25, 0.3) is 15.9 Å². The number of rotatable bonds is 7. The number of sulfonamides is 1. The number of nitrogens with one attached hydrogen (secondary N) is 1. The van der Waals surface area contributed by atoms with Crippen LogP contribution in [0.4, 0.5) is 5.82 Å². The molecule has 2 aromatic carbocycles. The second kappa shape index (κ2) is 7.70. The van der Waals surface area contributed by atoms with E-state index in [1.165, 1.54) is 12.1 Å². The molecule has 1 N–H and O–H groups in total. The topological polar surface area (TPSA) is 81.2 Å². The lowest BCUT2D eigenvalue weighted by atomic mass is 10.1. The molecule has 0 saturated carbocycles. The van der Waals surface area contributed by atoms with Gasteiger partial charge in [0.2, 0.25) is 5.82 Å². The summed E-state index contributed by atoms with van der Waals surface area (Å²) in [7, 11) is -3.78. The third-order valence-electron chi connectivity index (χ3n) is 4.02. The summed E-state index contributed by atoms with van der Waals surface area (Å²) in [5, 5.41) is 0. The van der Waals surface area contributed by atoms with Crippen molar-refractivity contribution in [3.05, 3.63) is 54.6 Å². The SMILES string of the molecule is CC[C@H](C)COc1nc2ccccc2nc1NS(=O)(=O)c1ccccc1. The van der Waals surface area contributed by atoms with Gasteiger partial charge in [0.05, 0.1) is 22.5 Å². The van der Waals surface area contributed by atoms with Crippen molar-refractivity contribution >= 4 is 26.9 Å². The highest BCUT2D eigenvalue weighted by Gasteiger charge is 2.19. The van der Waals surface area contributed by atoms with Crippen LogP contribution in [-0.2, 0) is 10.0 Å². The number of para-hydroxylation sites is 2. The molecule has 1 aromatic heterocycles. The van der Waals surface area contributed by atoms with Crippen LogP contribution in [0.25, 0.3) is 11.0 Å². The molecule has 0 aliphatic heterocycles. The monoisotopic (exact) mass is 371 g/mol. The fraction of sp³-hybridized carbons (Fsp3) is 0.263. The van der Waals surface area contributed by atoms with Crippen LogP contribution in [0.2, 0.25) is 0 Å². The number of aromatic nitrogens is 2. The normalized spacial score (nSPS) is 12.7. The van der Waals surface area contributed by atoms with Gasteiger partial charge in [-0.05, 0) is 30.2 Å². The predicted octanol–water partition coefficient (Wildman–Crippen LogP) is 3.86. The maximum atomic E-state index is 12.6. The molecule has 0 aliphatic rings. The van der Waals surface area contributed by atoms with Gasteiger partial charge in [-0.3, -0.25) is 4.72 Å². The second-order valence-electron chi connectivity index (χ2n) is 6.11. The van der Waals surface area contributed by atoms with Gasteiger partial charge < -0.3 is 4.74 Å². The molecule has 26 heavy (non-hydrogen) atoms. The van der Waals surface area contributed by atoms with Crippen LogP contribution in [0.3, 0.4) is 0 Å². The van der Waals surface area contributed by atoms with Crippen molar-refractivity contribution in [2.45, 2.75) is 25.2 Å². The summed E-state index contributed by atoms with van der Waals surface area (Å²) in [5.74, 6) is 0.598. The summed E-state index contributed by atoms with van der Waals surface area (Å²) < 4.78 is 33.6. The third kappa shape index (κ3) is 4.11. The number of ether oxygens (including phenoxy) is 1. The number of fused-ring (bicyclic) bond motifs is 1. The summed E-state index contributed by atoms with van der Waals surface area (Å²) in [6.45, 7) is 4.56. The van der Waals surface area contributed by atoms with Gasteiger partial charge in [-0.15, -0.1) is 0 Å². The number of nitrogens with zero attached hydrogens (tertiary/aromatic N) is 2. The average molecular weight is 371 g/mol. The van der Waals surface area contributed by atoms with E-state index < -0.39 is 10.0 Å². The Morgan fingerprint density at radius 3 is 2.27 bits per heavy atom. The Balaban J connectivity index is 1.99. The van der Waals surface area contributed by atoms with Crippen LogP contribution in [0.5, 0.6) is 5.88 Å². The van der Waals surface area contributed by atoms with Crippen LogP contribution in [0.1, 0.15) is 20.3 Å². The number of hydrogen-bond acceptors (Lipinski definition) is 5. The molecule has 1 atom stereocenters. The van der Waals surface area contributed by atoms with E-state index in [-0.39, 0.29) is 16.6 Å².